The molecule has 4 saturated carbocycles. The number of phenols is 1. The molecular weight excluding hydrogens is 452 g/mol. The Balaban J connectivity index is 1.54. The highest BCUT2D eigenvalue weighted by molar-refractivity contribution is 8.03. The van der Waals surface area contributed by atoms with Crippen LogP contribution < -0.4 is 5.73 Å². The molecule has 1 aliphatic heterocycles. The molecule has 1 amide bonds. The molecule has 0 spiro atoms. The lowest BCUT2D eigenvalue weighted by atomic mass is 9.46. The molecule has 5 aliphatic carbocycles. The molecule has 4 nitrogen and oxygen atoms in total. The van der Waals surface area contributed by atoms with Crippen LogP contribution in [-0.2, 0) is 4.79 Å². The van der Waals surface area contributed by atoms with E-state index in [0.29, 0.717) is 28.9 Å². The molecule has 6 unspecified atom stereocenters. The molecular formula is C30H41N2O2S+. The average Bonchev–Trinajstić information content (AvgIpc) is 3.28. The van der Waals surface area contributed by atoms with Crippen molar-refractivity contribution < 1.29 is 14.4 Å². The Bertz CT molecular complexity index is 1130. The van der Waals surface area contributed by atoms with E-state index in [9.17, 15) is 9.90 Å². The van der Waals surface area contributed by atoms with E-state index < -0.39 is 0 Å². The predicted molar refractivity (Wildman–Crippen MR) is 143 cm³/mol. The zero-order chi connectivity index (χ0) is 24.7. The SMILES string of the molecule is CCC[N+]1(C2C3CC4CC(C3)CC2(C(N)=O)C4)C(C)=C(C)SC1C1C=C(CC)c2cc(O)ccc21. The van der Waals surface area contributed by atoms with Crippen molar-refractivity contribution in [3.8, 4) is 5.75 Å². The van der Waals surface area contributed by atoms with Gasteiger partial charge in [0.05, 0.1) is 12.5 Å². The molecule has 35 heavy (non-hydrogen) atoms. The number of amides is 1. The van der Waals surface area contributed by atoms with Crippen LogP contribution in [0.1, 0.15) is 89.7 Å². The minimum atomic E-state index is -0.373. The van der Waals surface area contributed by atoms with Gasteiger partial charge in [-0.25, -0.2) is 0 Å². The summed E-state index contributed by atoms with van der Waals surface area (Å²) in [4.78, 5) is 14.9. The van der Waals surface area contributed by atoms with E-state index in [1.807, 2.05) is 23.9 Å². The molecule has 7 rings (SSSR count). The van der Waals surface area contributed by atoms with Crippen molar-refractivity contribution in [3.05, 3.63) is 46.0 Å². The first-order chi connectivity index (χ1) is 16.7. The van der Waals surface area contributed by atoms with Crippen molar-refractivity contribution in [3.63, 3.8) is 0 Å². The molecule has 4 fully saturated rings. The molecule has 5 heteroatoms. The van der Waals surface area contributed by atoms with Crippen molar-refractivity contribution in [2.24, 2.45) is 28.9 Å². The fraction of sp³-hybridized carbons (Fsp3) is 0.633. The summed E-state index contributed by atoms with van der Waals surface area (Å²) < 4.78 is 0.929. The fourth-order valence-corrected chi connectivity index (χ4v) is 11.3. The van der Waals surface area contributed by atoms with Crippen LogP contribution in [0, 0.1) is 23.2 Å². The summed E-state index contributed by atoms with van der Waals surface area (Å²) in [6, 6.07) is 6.24. The number of aromatic hydroxyl groups is 1. The van der Waals surface area contributed by atoms with Crippen molar-refractivity contribution in [1.82, 2.24) is 0 Å². The van der Waals surface area contributed by atoms with Gasteiger partial charge >= 0.3 is 0 Å². The first kappa shape index (κ1) is 23.7. The van der Waals surface area contributed by atoms with E-state index in [-0.39, 0.29) is 23.3 Å². The first-order valence-corrected chi connectivity index (χ1v) is 14.7. The number of benzene rings is 1. The van der Waals surface area contributed by atoms with Gasteiger partial charge in [-0.3, -0.25) is 9.28 Å². The van der Waals surface area contributed by atoms with E-state index in [2.05, 4.69) is 39.8 Å². The van der Waals surface area contributed by atoms with Crippen molar-refractivity contribution in [2.45, 2.75) is 90.0 Å². The topological polar surface area (TPSA) is 63.3 Å². The number of primary amides is 1. The summed E-state index contributed by atoms with van der Waals surface area (Å²) in [6.07, 6.45) is 10.4. The third kappa shape index (κ3) is 3.13. The Morgan fingerprint density at radius 1 is 1.17 bits per heavy atom. The predicted octanol–water partition coefficient (Wildman–Crippen LogP) is 6.51. The Morgan fingerprint density at radius 3 is 2.51 bits per heavy atom. The number of nitrogens with two attached hydrogens (primary N) is 1. The van der Waals surface area contributed by atoms with Crippen LogP contribution >= 0.6 is 11.8 Å². The van der Waals surface area contributed by atoms with E-state index in [0.717, 1.165) is 36.7 Å². The van der Waals surface area contributed by atoms with Crippen molar-refractivity contribution in [2.75, 3.05) is 6.54 Å². The number of carbonyl (C=O) groups excluding carboxylic acids is 1. The van der Waals surface area contributed by atoms with Crippen LogP contribution in [-0.4, -0.2) is 33.5 Å². The van der Waals surface area contributed by atoms with Crippen molar-refractivity contribution in [1.29, 1.82) is 0 Å². The lowest BCUT2D eigenvalue weighted by molar-refractivity contribution is -0.937. The maximum atomic E-state index is 13.5. The molecule has 0 aromatic heterocycles. The van der Waals surface area contributed by atoms with Gasteiger partial charge in [0.15, 0.2) is 5.37 Å². The Morgan fingerprint density at radius 2 is 1.89 bits per heavy atom. The largest absolute Gasteiger partial charge is 0.508 e. The molecule has 6 aliphatic rings. The summed E-state index contributed by atoms with van der Waals surface area (Å²) in [5.74, 6) is 2.53. The Hall–Kier alpha value is -1.72. The number of rotatable bonds is 6. The summed E-state index contributed by atoms with van der Waals surface area (Å²) in [6.45, 7) is 10.2. The third-order valence-corrected chi connectivity index (χ3v) is 12.1. The van der Waals surface area contributed by atoms with E-state index >= 15 is 0 Å². The van der Waals surface area contributed by atoms with Crippen LogP contribution in [0.25, 0.3) is 5.57 Å². The molecule has 188 valence electrons. The van der Waals surface area contributed by atoms with E-state index in [1.165, 1.54) is 46.6 Å². The van der Waals surface area contributed by atoms with Crippen LogP contribution in [0.4, 0.5) is 0 Å². The minimum absolute atomic E-state index is 0.0298. The fourth-order valence-electron chi connectivity index (χ4n) is 9.61. The summed E-state index contributed by atoms with van der Waals surface area (Å²) in [7, 11) is 0. The zero-order valence-electron chi connectivity index (χ0n) is 21.7. The van der Waals surface area contributed by atoms with Gasteiger partial charge in [-0.2, -0.15) is 0 Å². The van der Waals surface area contributed by atoms with Crippen LogP contribution in [0.5, 0.6) is 5.75 Å². The number of quaternary nitrogens is 1. The van der Waals surface area contributed by atoms with Gasteiger partial charge < -0.3 is 10.8 Å². The minimum Gasteiger partial charge on any atom is -0.508 e. The highest BCUT2D eigenvalue weighted by Crippen LogP contribution is 2.67. The van der Waals surface area contributed by atoms with Gasteiger partial charge in [0.2, 0.25) is 5.91 Å². The van der Waals surface area contributed by atoms with Crippen LogP contribution in [0.3, 0.4) is 0 Å². The number of fused-ring (bicyclic) bond motifs is 1. The second-order valence-electron chi connectivity index (χ2n) is 12.2. The lowest BCUT2D eigenvalue weighted by Gasteiger charge is -2.65. The quantitative estimate of drug-likeness (QED) is 0.444. The van der Waals surface area contributed by atoms with Gasteiger partial charge in [-0.1, -0.05) is 37.8 Å². The van der Waals surface area contributed by atoms with Crippen molar-refractivity contribution >= 4 is 23.2 Å². The second kappa shape index (κ2) is 8.14. The number of thioether (sulfide) groups is 1. The average molecular weight is 494 g/mol. The number of nitrogens with zero attached hydrogens (tertiary/aromatic N) is 1. The number of hydrogen-bond acceptors (Lipinski definition) is 3. The van der Waals surface area contributed by atoms with Gasteiger partial charge in [-0.15, -0.1) is 0 Å². The maximum absolute atomic E-state index is 13.5. The molecule has 4 bridgehead atoms. The number of hydrogen-bond donors (Lipinski definition) is 2. The highest BCUT2D eigenvalue weighted by atomic mass is 32.2. The van der Waals surface area contributed by atoms with Gasteiger partial charge in [0.1, 0.15) is 22.9 Å². The Labute approximate surface area is 214 Å². The lowest BCUT2D eigenvalue weighted by Crippen LogP contribution is -2.74. The summed E-state index contributed by atoms with van der Waals surface area (Å²) >= 11 is 2.05. The van der Waals surface area contributed by atoms with E-state index in [1.54, 1.807) is 0 Å². The van der Waals surface area contributed by atoms with Gasteiger partial charge in [-0.05, 0) is 92.5 Å². The number of carbonyl (C=O) groups is 1. The highest BCUT2D eigenvalue weighted by Gasteiger charge is 2.70. The molecule has 3 N–H and O–H groups in total. The molecule has 0 saturated heterocycles. The molecule has 6 atom stereocenters. The third-order valence-electron chi connectivity index (χ3n) is 10.5. The first-order valence-electron chi connectivity index (χ1n) is 13.8. The second-order valence-corrected chi connectivity index (χ2v) is 13.6. The van der Waals surface area contributed by atoms with Gasteiger partial charge in [0.25, 0.3) is 0 Å². The monoisotopic (exact) mass is 493 g/mol. The molecule has 1 aromatic rings. The maximum Gasteiger partial charge on any atom is 0.229 e. The molecule has 1 heterocycles. The summed E-state index contributed by atoms with van der Waals surface area (Å²) in [5, 5.41) is 10.6. The number of allylic oxidation sites excluding steroid dienone is 3. The Kier molecular flexibility index (Phi) is 5.51. The smallest absolute Gasteiger partial charge is 0.229 e. The normalized spacial score (nSPS) is 41.4. The van der Waals surface area contributed by atoms with Crippen LogP contribution in [0.2, 0.25) is 0 Å². The van der Waals surface area contributed by atoms with Gasteiger partial charge in [0, 0.05) is 17.7 Å². The van der Waals surface area contributed by atoms with Crippen LogP contribution in [0.15, 0.2) is 34.9 Å². The summed E-state index contributed by atoms with van der Waals surface area (Å²) in [5.41, 5.74) is 11.4. The molecule has 1 aromatic carbocycles. The molecule has 0 radical (unpaired) electrons. The number of phenolic OH excluding ortho intramolecular Hbond substituents is 1. The van der Waals surface area contributed by atoms with E-state index in [4.69, 9.17) is 5.73 Å². The standard InChI is InChI=1S/C30H40N2O2S/c1-5-9-32(27-22-11-19-10-20(12-22)16-30(27,15-19)29(31)34)17(3)18(4)35-28(32)26-13-21(6-2)25-14-23(33)7-8-24(25)26/h7-8,13-14,19-20,22,26-28H,5-6,9-12,15-16H2,1-4H3,(H2-,31,33,34)/p+1. The zero-order valence-corrected chi connectivity index (χ0v) is 22.5.